The van der Waals surface area contributed by atoms with Crippen LogP contribution in [0.3, 0.4) is 0 Å². The zero-order valence-corrected chi connectivity index (χ0v) is 16.9. The maximum atomic E-state index is 11.6. The molecular formula is C17H28O16. The predicted molar refractivity (Wildman–Crippen MR) is 95.8 cm³/mol. The molecule has 0 aromatic rings. The van der Waals surface area contributed by atoms with E-state index >= 15 is 0 Å². The van der Waals surface area contributed by atoms with Crippen molar-refractivity contribution in [3.8, 4) is 0 Å². The number of aliphatic hydroxyl groups excluding tert-OH is 9. The summed E-state index contributed by atoms with van der Waals surface area (Å²) >= 11 is 0. The molecule has 3 heterocycles. The highest BCUT2D eigenvalue weighted by Gasteiger charge is 2.54. The van der Waals surface area contributed by atoms with Crippen molar-refractivity contribution in [2.45, 2.75) is 86.0 Å². The molecule has 192 valence electrons. The van der Waals surface area contributed by atoms with Crippen molar-refractivity contribution in [1.82, 2.24) is 0 Å². The van der Waals surface area contributed by atoms with Gasteiger partial charge in [0, 0.05) is 0 Å². The van der Waals surface area contributed by atoms with E-state index in [1.807, 2.05) is 0 Å². The van der Waals surface area contributed by atoms with Crippen LogP contribution in [0.2, 0.25) is 0 Å². The van der Waals surface area contributed by atoms with Crippen molar-refractivity contribution < 1.29 is 79.5 Å². The first-order valence-electron chi connectivity index (χ1n) is 9.99. The molecule has 33 heavy (non-hydrogen) atoms. The summed E-state index contributed by atoms with van der Waals surface area (Å²) in [5.41, 5.74) is 0. The Morgan fingerprint density at radius 3 is 1.97 bits per heavy atom. The molecule has 0 aromatic heterocycles. The molecule has 0 saturated carbocycles. The Kier molecular flexibility index (Phi) is 8.57. The summed E-state index contributed by atoms with van der Waals surface area (Å²) in [7, 11) is 0. The molecule has 10 N–H and O–H groups in total. The Balaban J connectivity index is 1.78. The molecule has 14 atom stereocenters. The summed E-state index contributed by atoms with van der Waals surface area (Å²) in [6, 6.07) is 0. The van der Waals surface area contributed by atoms with Gasteiger partial charge in [0.15, 0.2) is 25.0 Å². The van der Waals surface area contributed by atoms with Crippen molar-refractivity contribution in [3.05, 3.63) is 0 Å². The van der Waals surface area contributed by atoms with Crippen LogP contribution in [0.15, 0.2) is 0 Å². The summed E-state index contributed by atoms with van der Waals surface area (Å²) in [5, 5.41) is 98.7. The average molecular weight is 488 g/mol. The molecule has 0 spiro atoms. The Hall–Kier alpha value is -1.09. The van der Waals surface area contributed by atoms with Crippen LogP contribution in [-0.4, -0.2) is 156 Å². The van der Waals surface area contributed by atoms with E-state index in [-0.39, 0.29) is 0 Å². The molecular weight excluding hydrogens is 460 g/mol. The van der Waals surface area contributed by atoms with Gasteiger partial charge in [-0.3, -0.25) is 0 Å². The predicted octanol–water partition coefficient (Wildman–Crippen LogP) is -6.84. The first kappa shape index (κ1) is 26.5. The molecule has 0 aromatic carbocycles. The molecule has 1 unspecified atom stereocenters. The van der Waals surface area contributed by atoms with E-state index in [0.29, 0.717) is 0 Å². The highest BCUT2D eigenvalue weighted by molar-refractivity contribution is 5.73. The zero-order chi connectivity index (χ0) is 24.6. The number of hydrogen-bond acceptors (Lipinski definition) is 15. The molecule has 16 nitrogen and oxygen atoms in total. The third-order valence-corrected chi connectivity index (χ3v) is 5.67. The van der Waals surface area contributed by atoms with Gasteiger partial charge in [0.1, 0.15) is 61.0 Å². The van der Waals surface area contributed by atoms with Crippen LogP contribution in [0.1, 0.15) is 0 Å². The second kappa shape index (κ2) is 10.7. The molecule has 0 amide bonds. The number of carbonyl (C=O) groups is 1. The second-order valence-corrected chi connectivity index (χ2v) is 7.93. The van der Waals surface area contributed by atoms with Crippen LogP contribution in [0.5, 0.6) is 0 Å². The number of carboxylic acids is 1. The Bertz CT molecular complexity index is 663. The fourth-order valence-corrected chi connectivity index (χ4v) is 3.73. The number of aliphatic hydroxyl groups is 9. The van der Waals surface area contributed by atoms with Crippen molar-refractivity contribution in [2.75, 3.05) is 13.2 Å². The van der Waals surface area contributed by atoms with E-state index in [4.69, 9.17) is 23.7 Å². The van der Waals surface area contributed by atoms with E-state index in [1.165, 1.54) is 0 Å². The summed E-state index contributed by atoms with van der Waals surface area (Å²) < 4.78 is 25.7. The molecule has 3 aliphatic heterocycles. The first-order valence-corrected chi connectivity index (χ1v) is 9.99. The van der Waals surface area contributed by atoms with Gasteiger partial charge in [-0.2, -0.15) is 0 Å². The number of carboxylic acid groups (broad SMARTS) is 1. The second-order valence-electron chi connectivity index (χ2n) is 7.93. The molecule has 3 aliphatic rings. The minimum absolute atomic E-state index is 0.467. The van der Waals surface area contributed by atoms with E-state index in [1.54, 1.807) is 0 Å². The lowest BCUT2D eigenvalue weighted by Crippen LogP contribution is -2.66. The summed E-state index contributed by atoms with van der Waals surface area (Å²) in [6.07, 6.45) is -25.2. The maximum Gasteiger partial charge on any atom is 0.335 e. The third kappa shape index (κ3) is 5.29. The number of rotatable bonds is 6. The summed E-state index contributed by atoms with van der Waals surface area (Å²) in [4.78, 5) is 11.6. The molecule has 16 heteroatoms. The normalized spacial score (nSPS) is 51.3. The van der Waals surface area contributed by atoms with Crippen LogP contribution in [-0.2, 0) is 28.5 Å². The molecule has 3 saturated heterocycles. The van der Waals surface area contributed by atoms with E-state index in [2.05, 4.69) is 0 Å². The van der Waals surface area contributed by atoms with Gasteiger partial charge in [-0.25, -0.2) is 4.79 Å². The zero-order valence-electron chi connectivity index (χ0n) is 16.9. The van der Waals surface area contributed by atoms with Crippen LogP contribution in [0, 0.1) is 0 Å². The van der Waals surface area contributed by atoms with Crippen LogP contribution >= 0.6 is 0 Å². The average Bonchev–Trinajstić information content (AvgIpc) is 2.77. The number of hydrogen-bond donors (Lipinski definition) is 10. The Labute approximate surface area is 185 Å². The molecule has 0 aliphatic carbocycles. The van der Waals surface area contributed by atoms with E-state index < -0.39 is 105 Å². The highest BCUT2D eigenvalue weighted by atomic mass is 16.8. The monoisotopic (exact) mass is 488 g/mol. The third-order valence-electron chi connectivity index (χ3n) is 5.67. The lowest BCUT2D eigenvalue weighted by molar-refractivity contribution is -0.372. The van der Waals surface area contributed by atoms with Crippen LogP contribution < -0.4 is 0 Å². The topological polar surface area (TPSA) is 266 Å². The molecule has 0 radical (unpaired) electrons. The Morgan fingerprint density at radius 2 is 1.36 bits per heavy atom. The first-order chi connectivity index (χ1) is 15.5. The summed E-state index contributed by atoms with van der Waals surface area (Å²) in [6.45, 7) is -1.27. The standard InChI is InChI=1S/C17H28O16/c18-1-4-6(21)7(22)9(24)17(30-4)32-11-10(25)12(15(28)31-13(11)14(26)27)33-16-8(23)5(20)3(19)2-29-16/h3-13,15-25,28H,1-2H2,(H,26,27)/t3-,4-,5+,6-,7+,8-,9-,10+,11+,12-,13+,15?,16+,17+/m1/s1. The van der Waals surface area contributed by atoms with Crippen LogP contribution in [0.4, 0.5) is 0 Å². The lowest BCUT2D eigenvalue weighted by Gasteiger charge is -2.46. The van der Waals surface area contributed by atoms with Crippen molar-refractivity contribution in [1.29, 1.82) is 0 Å². The Morgan fingerprint density at radius 1 is 0.758 bits per heavy atom. The quantitative estimate of drug-likeness (QED) is 0.166. The summed E-state index contributed by atoms with van der Waals surface area (Å²) in [5.74, 6) is -1.70. The van der Waals surface area contributed by atoms with Gasteiger partial charge >= 0.3 is 5.97 Å². The minimum atomic E-state index is -2.09. The molecule has 0 bridgehead atoms. The SMILES string of the molecule is O=C(O)[C@H]1OC(O)[C@H](O[C@@H]2OC[C@@H](O)[C@H](O)[C@H]2O)[C@@H](O)[C@@H]1O[C@@H]1O[C@H](CO)[C@@H](O)[C@H](O)[C@H]1O. The van der Waals surface area contributed by atoms with Crippen LogP contribution in [0.25, 0.3) is 0 Å². The van der Waals surface area contributed by atoms with Gasteiger partial charge in [0.2, 0.25) is 0 Å². The molecule has 3 rings (SSSR count). The maximum absolute atomic E-state index is 11.6. The number of ether oxygens (including phenoxy) is 5. The minimum Gasteiger partial charge on any atom is -0.479 e. The van der Waals surface area contributed by atoms with Crippen molar-refractivity contribution in [3.63, 3.8) is 0 Å². The van der Waals surface area contributed by atoms with E-state index in [0.717, 1.165) is 0 Å². The fraction of sp³-hybridized carbons (Fsp3) is 0.941. The molecule has 3 fully saturated rings. The highest BCUT2D eigenvalue weighted by Crippen LogP contribution is 2.31. The van der Waals surface area contributed by atoms with Gasteiger partial charge in [0.05, 0.1) is 13.2 Å². The van der Waals surface area contributed by atoms with Gasteiger partial charge < -0.3 is 74.7 Å². The number of aliphatic carboxylic acids is 1. The fourth-order valence-electron chi connectivity index (χ4n) is 3.73. The lowest BCUT2D eigenvalue weighted by atomic mass is 9.96. The van der Waals surface area contributed by atoms with Crippen molar-refractivity contribution in [2.24, 2.45) is 0 Å². The smallest absolute Gasteiger partial charge is 0.335 e. The van der Waals surface area contributed by atoms with Gasteiger partial charge in [-0.1, -0.05) is 0 Å². The van der Waals surface area contributed by atoms with E-state index in [9.17, 15) is 55.9 Å². The van der Waals surface area contributed by atoms with Gasteiger partial charge in [-0.15, -0.1) is 0 Å². The largest absolute Gasteiger partial charge is 0.479 e. The van der Waals surface area contributed by atoms with Gasteiger partial charge in [-0.05, 0) is 0 Å². The van der Waals surface area contributed by atoms with Gasteiger partial charge in [0.25, 0.3) is 0 Å². The van der Waals surface area contributed by atoms with Crippen molar-refractivity contribution >= 4 is 5.97 Å².